The highest BCUT2D eigenvalue weighted by Gasteiger charge is 2.26. The summed E-state index contributed by atoms with van der Waals surface area (Å²) in [4.78, 5) is 0. The number of nitrogens with one attached hydrogen (secondary N) is 1. The van der Waals surface area contributed by atoms with Crippen molar-refractivity contribution in [2.45, 2.75) is 31.8 Å². The largest absolute Gasteiger partial charge is 0.395 e. The maximum absolute atomic E-state index is 9.49. The molecule has 2 nitrogen and oxygen atoms in total. The molecule has 1 aliphatic carbocycles. The molecular formula is C18H21NO. The van der Waals surface area contributed by atoms with Gasteiger partial charge in [-0.3, -0.25) is 0 Å². The molecule has 0 radical (unpaired) electrons. The number of hydrogen-bond acceptors (Lipinski definition) is 2. The van der Waals surface area contributed by atoms with E-state index in [9.17, 15) is 5.11 Å². The smallest absolute Gasteiger partial charge is 0.0585 e. The van der Waals surface area contributed by atoms with Crippen molar-refractivity contribution >= 4 is 0 Å². The van der Waals surface area contributed by atoms with Crippen LogP contribution in [0.2, 0.25) is 0 Å². The Labute approximate surface area is 120 Å². The van der Waals surface area contributed by atoms with Crippen LogP contribution in [-0.4, -0.2) is 17.8 Å². The zero-order valence-corrected chi connectivity index (χ0v) is 11.8. The van der Waals surface area contributed by atoms with Crippen molar-refractivity contribution in [3.63, 3.8) is 0 Å². The summed E-state index contributed by atoms with van der Waals surface area (Å²) in [5.74, 6) is 0. The van der Waals surface area contributed by atoms with Crippen LogP contribution in [0.3, 0.4) is 0 Å². The summed E-state index contributed by atoms with van der Waals surface area (Å²) in [7, 11) is 0. The van der Waals surface area contributed by atoms with E-state index in [4.69, 9.17) is 0 Å². The molecule has 2 aromatic carbocycles. The molecule has 0 heterocycles. The van der Waals surface area contributed by atoms with Crippen LogP contribution in [0.4, 0.5) is 0 Å². The number of aliphatic hydroxyl groups is 1. The lowest BCUT2D eigenvalue weighted by molar-refractivity contribution is 0.232. The SMILES string of the molecule is CC[C@@H](CO)NC1c2ccccc2Cc2ccccc21. The van der Waals surface area contributed by atoms with Crippen LogP contribution in [0.5, 0.6) is 0 Å². The second kappa shape index (κ2) is 5.78. The summed E-state index contributed by atoms with van der Waals surface area (Å²) in [5, 5.41) is 13.1. The van der Waals surface area contributed by atoms with Crippen LogP contribution >= 0.6 is 0 Å². The molecule has 104 valence electrons. The standard InChI is InChI=1S/C18H21NO/c1-2-15(12-20)19-18-16-9-5-3-7-13(16)11-14-8-4-6-10-17(14)18/h3-10,15,18-20H,2,11-12H2,1H3/t15-/m0/s1. The summed E-state index contributed by atoms with van der Waals surface area (Å²) in [6.07, 6.45) is 1.93. The Morgan fingerprint density at radius 1 is 1.05 bits per heavy atom. The van der Waals surface area contributed by atoms with Gasteiger partial charge in [0, 0.05) is 6.04 Å². The fourth-order valence-corrected chi connectivity index (χ4v) is 3.04. The molecule has 0 aromatic heterocycles. The van der Waals surface area contributed by atoms with Gasteiger partial charge in [-0.25, -0.2) is 0 Å². The first-order valence-electron chi connectivity index (χ1n) is 7.36. The molecule has 1 atom stereocenters. The quantitative estimate of drug-likeness (QED) is 0.892. The number of aliphatic hydroxyl groups excluding tert-OH is 1. The molecule has 0 saturated carbocycles. The Kier molecular flexibility index (Phi) is 3.86. The minimum Gasteiger partial charge on any atom is -0.395 e. The van der Waals surface area contributed by atoms with E-state index in [0.29, 0.717) is 0 Å². The van der Waals surface area contributed by atoms with E-state index in [1.807, 2.05) is 0 Å². The van der Waals surface area contributed by atoms with Gasteiger partial charge in [-0.05, 0) is 35.1 Å². The molecule has 0 bridgehead atoms. The van der Waals surface area contributed by atoms with Gasteiger partial charge in [-0.15, -0.1) is 0 Å². The minimum absolute atomic E-state index is 0.138. The average Bonchev–Trinajstić information content (AvgIpc) is 2.51. The number of benzene rings is 2. The maximum Gasteiger partial charge on any atom is 0.0585 e. The first-order valence-corrected chi connectivity index (χ1v) is 7.36. The Bertz CT molecular complexity index is 544. The molecule has 0 fully saturated rings. The third-order valence-electron chi connectivity index (χ3n) is 4.23. The van der Waals surface area contributed by atoms with Gasteiger partial charge >= 0.3 is 0 Å². The van der Waals surface area contributed by atoms with Crippen molar-refractivity contribution in [3.8, 4) is 0 Å². The van der Waals surface area contributed by atoms with Crippen LogP contribution in [0, 0.1) is 0 Å². The van der Waals surface area contributed by atoms with Crippen LogP contribution in [-0.2, 0) is 6.42 Å². The van der Waals surface area contributed by atoms with Gasteiger partial charge in [0.15, 0.2) is 0 Å². The van der Waals surface area contributed by atoms with Crippen molar-refractivity contribution in [1.82, 2.24) is 5.32 Å². The number of hydrogen-bond donors (Lipinski definition) is 2. The predicted molar refractivity (Wildman–Crippen MR) is 81.8 cm³/mol. The lowest BCUT2D eigenvalue weighted by Crippen LogP contribution is -2.37. The minimum atomic E-state index is 0.138. The van der Waals surface area contributed by atoms with Crippen molar-refractivity contribution in [2.75, 3.05) is 6.61 Å². The monoisotopic (exact) mass is 267 g/mol. The molecule has 3 rings (SSSR count). The number of fused-ring (bicyclic) bond motifs is 2. The molecule has 1 aliphatic rings. The van der Waals surface area contributed by atoms with Crippen LogP contribution in [0.25, 0.3) is 0 Å². The molecule has 2 N–H and O–H groups in total. The number of rotatable bonds is 4. The van der Waals surface area contributed by atoms with Gasteiger partial charge in [0.25, 0.3) is 0 Å². The Morgan fingerprint density at radius 2 is 1.60 bits per heavy atom. The van der Waals surface area contributed by atoms with Crippen molar-refractivity contribution in [1.29, 1.82) is 0 Å². The molecule has 0 amide bonds. The third-order valence-corrected chi connectivity index (χ3v) is 4.23. The van der Waals surface area contributed by atoms with Gasteiger partial charge in [-0.1, -0.05) is 55.5 Å². The van der Waals surface area contributed by atoms with E-state index in [2.05, 4.69) is 60.8 Å². The van der Waals surface area contributed by atoms with Crippen LogP contribution < -0.4 is 5.32 Å². The molecule has 0 unspecified atom stereocenters. The lowest BCUT2D eigenvalue weighted by Gasteiger charge is -2.32. The fourth-order valence-electron chi connectivity index (χ4n) is 3.04. The Morgan fingerprint density at radius 3 is 2.10 bits per heavy atom. The average molecular weight is 267 g/mol. The van der Waals surface area contributed by atoms with E-state index in [1.165, 1.54) is 22.3 Å². The van der Waals surface area contributed by atoms with Gasteiger partial charge in [-0.2, -0.15) is 0 Å². The van der Waals surface area contributed by atoms with Gasteiger partial charge in [0.1, 0.15) is 0 Å². The second-order valence-corrected chi connectivity index (χ2v) is 5.46. The molecular weight excluding hydrogens is 246 g/mol. The molecule has 0 aliphatic heterocycles. The molecule has 20 heavy (non-hydrogen) atoms. The molecule has 2 aromatic rings. The highest BCUT2D eigenvalue weighted by Crippen LogP contribution is 2.35. The van der Waals surface area contributed by atoms with Crippen LogP contribution in [0.1, 0.15) is 41.6 Å². The molecule has 0 spiro atoms. The van der Waals surface area contributed by atoms with Crippen molar-refractivity contribution < 1.29 is 5.11 Å². The van der Waals surface area contributed by atoms with E-state index < -0.39 is 0 Å². The molecule has 2 heteroatoms. The fraction of sp³-hybridized carbons (Fsp3) is 0.333. The normalized spacial score (nSPS) is 15.5. The van der Waals surface area contributed by atoms with Gasteiger partial charge in [0.05, 0.1) is 12.6 Å². The van der Waals surface area contributed by atoms with Gasteiger partial charge in [0.2, 0.25) is 0 Å². The first-order chi connectivity index (χ1) is 9.83. The van der Waals surface area contributed by atoms with E-state index in [0.717, 1.165) is 12.8 Å². The highest BCUT2D eigenvalue weighted by atomic mass is 16.3. The first kappa shape index (κ1) is 13.3. The summed E-state index contributed by atoms with van der Waals surface area (Å²) in [5.41, 5.74) is 5.46. The third kappa shape index (κ3) is 2.37. The highest BCUT2D eigenvalue weighted by molar-refractivity contribution is 5.48. The predicted octanol–water partition coefficient (Wildman–Crippen LogP) is 3.04. The topological polar surface area (TPSA) is 32.3 Å². The summed E-state index contributed by atoms with van der Waals surface area (Å²) in [6.45, 7) is 2.28. The Balaban J connectivity index is 2.03. The Hall–Kier alpha value is -1.64. The summed E-state index contributed by atoms with van der Waals surface area (Å²) in [6, 6.07) is 17.6. The summed E-state index contributed by atoms with van der Waals surface area (Å²) >= 11 is 0. The molecule has 0 saturated heterocycles. The zero-order valence-electron chi connectivity index (χ0n) is 11.8. The van der Waals surface area contributed by atoms with E-state index >= 15 is 0 Å². The summed E-state index contributed by atoms with van der Waals surface area (Å²) < 4.78 is 0. The van der Waals surface area contributed by atoms with Crippen molar-refractivity contribution in [2.24, 2.45) is 0 Å². The van der Waals surface area contributed by atoms with Crippen molar-refractivity contribution in [3.05, 3.63) is 70.8 Å². The van der Waals surface area contributed by atoms with Crippen LogP contribution in [0.15, 0.2) is 48.5 Å². The zero-order chi connectivity index (χ0) is 13.9. The second-order valence-electron chi connectivity index (χ2n) is 5.46. The maximum atomic E-state index is 9.49. The van der Waals surface area contributed by atoms with E-state index in [1.54, 1.807) is 0 Å². The van der Waals surface area contributed by atoms with E-state index in [-0.39, 0.29) is 18.7 Å². The van der Waals surface area contributed by atoms with Gasteiger partial charge < -0.3 is 10.4 Å². The lowest BCUT2D eigenvalue weighted by atomic mass is 9.82.